The zero-order chi connectivity index (χ0) is 10.7. The molecule has 2 N–H and O–H groups in total. The Bertz CT molecular complexity index is 193. The van der Waals surface area contributed by atoms with Gasteiger partial charge in [-0.1, -0.05) is 0 Å². The molecule has 3 nitrogen and oxygen atoms in total. The van der Waals surface area contributed by atoms with Crippen LogP contribution < -0.4 is 10.6 Å². The Balaban J connectivity index is 1.75. The first-order valence-electron chi connectivity index (χ1n) is 6.34. The van der Waals surface area contributed by atoms with Crippen LogP contribution in [0.1, 0.15) is 32.1 Å². The second-order valence-electron chi connectivity index (χ2n) is 5.40. The summed E-state index contributed by atoms with van der Waals surface area (Å²) in [6.07, 6.45) is 6.81. The Morgan fingerprint density at radius 3 is 2.60 bits per heavy atom. The van der Waals surface area contributed by atoms with E-state index in [0.717, 1.165) is 6.54 Å². The minimum atomic E-state index is 0.470. The Kier molecular flexibility index (Phi) is 3.65. The lowest BCUT2D eigenvalue weighted by Gasteiger charge is -2.48. The minimum Gasteiger partial charge on any atom is -0.315 e. The number of rotatable bonds is 4. The molecule has 0 aromatic heterocycles. The Morgan fingerprint density at radius 2 is 2.13 bits per heavy atom. The second kappa shape index (κ2) is 4.81. The maximum absolute atomic E-state index is 3.74. The van der Waals surface area contributed by atoms with E-state index in [1.165, 1.54) is 45.2 Å². The van der Waals surface area contributed by atoms with Gasteiger partial charge >= 0.3 is 0 Å². The molecular weight excluding hydrogens is 186 g/mol. The Morgan fingerprint density at radius 1 is 1.33 bits per heavy atom. The molecule has 1 heterocycles. The van der Waals surface area contributed by atoms with Gasteiger partial charge in [0.05, 0.1) is 0 Å². The highest BCUT2D eigenvalue weighted by molar-refractivity contribution is 4.98. The lowest BCUT2D eigenvalue weighted by Crippen LogP contribution is -2.59. The lowest BCUT2D eigenvalue weighted by molar-refractivity contribution is 0.0561. The molecule has 15 heavy (non-hydrogen) atoms. The van der Waals surface area contributed by atoms with E-state index in [1.807, 2.05) is 0 Å². The molecule has 1 saturated carbocycles. The third-order valence-electron chi connectivity index (χ3n) is 4.25. The van der Waals surface area contributed by atoms with E-state index in [2.05, 4.69) is 29.6 Å². The Labute approximate surface area is 93.6 Å². The molecule has 1 aliphatic heterocycles. The van der Waals surface area contributed by atoms with Crippen molar-refractivity contribution in [1.29, 1.82) is 0 Å². The van der Waals surface area contributed by atoms with E-state index in [9.17, 15) is 0 Å². The number of piperidine rings is 1. The monoisotopic (exact) mass is 211 g/mol. The average Bonchev–Trinajstić information content (AvgIpc) is 2.17. The van der Waals surface area contributed by atoms with Gasteiger partial charge in [0.15, 0.2) is 0 Å². The van der Waals surface area contributed by atoms with Crippen LogP contribution >= 0.6 is 0 Å². The number of hydrogen-bond donors (Lipinski definition) is 2. The van der Waals surface area contributed by atoms with E-state index in [0.29, 0.717) is 11.6 Å². The molecule has 0 bridgehead atoms. The summed E-state index contributed by atoms with van der Waals surface area (Å²) < 4.78 is 0. The molecule has 2 rings (SSSR count). The van der Waals surface area contributed by atoms with Gasteiger partial charge in [-0.2, -0.15) is 0 Å². The minimum absolute atomic E-state index is 0.470. The molecule has 0 radical (unpaired) electrons. The Hall–Kier alpha value is -0.120. The topological polar surface area (TPSA) is 27.3 Å². The fraction of sp³-hybridized carbons (Fsp3) is 1.00. The zero-order valence-corrected chi connectivity index (χ0v) is 10.2. The van der Waals surface area contributed by atoms with Gasteiger partial charge in [0.2, 0.25) is 0 Å². The van der Waals surface area contributed by atoms with E-state index >= 15 is 0 Å². The SMILES string of the molecule is CN(C)C1(CNC2CCCNC2)CCC1. The van der Waals surface area contributed by atoms with E-state index < -0.39 is 0 Å². The highest BCUT2D eigenvalue weighted by atomic mass is 15.2. The first kappa shape index (κ1) is 11.4. The summed E-state index contributed by atoms with van der Waals surface area (Å²) in [5.41, 5.74) is 0.470. The molecule has 2 fully saturated rings. The van der Waals surface area contributed by atoms with Crippen molar-refractivity contribution in [2.75, 3.05) is 33.7 Å². The maximum atomic E-state index is 3.74. The summed E-state index contributed by atoms with van der Waals surface area (Å²) in [5.74, 6) is 0. The van der Waals surface area contributed by atoms with E-state index in [4.69, 9.17) is 0 Å². The molecule has 0 amide bonds. The van der Waals surface area contributed by atoms with Crippen molar-refractivity contribution < 1.29 is 0 Å². The quantitative estimate of drug-likeness (QED) is 0.721. The third-order valence-corrected chi connectivity index (χ3v) is 4.25. The average molecular weight is 211 g/mol. The fourth-order valence-electron chi connectivity index (χ4n) is 2.73. The molecule has 0 aromatic rings. The summed E-state index contributed by atoms with van der Waals surface area (Å²) in [5, 5.41) is 7.20. The van der Waals surface area contributed by atoms with Gasteiger partial charge < -0.3 is 15.5 Å². The first-order valence-corrected chi connectivity index (χ1v) is 6.34. The highest BCUT2D eigenvalue weighted by Crippen LogP contribution is 2.35. The van der Waals surface area contributed by atoms with Gasteiger partial charge in [-0.25, -0.2) is 0 Å². The summed E-state index contributed by atoms with van der Waals surface area (Å²) in [6, 6.07) is 0.705. The van der Waals surface area contributed by atoms with Crippen molar-refractivity contribution in [2.45, 2.75) is 43.7 Å². The van der Waals surface area contributed by atoms with Gasteiger partial charge in [0, 0.05) is 24.7 Å². The van der Waals surface area contributed by atoms with Gasteiger partial charge in [0.1, 0.15) is 0 Å². The van der Waals surface area contributed by atoms with Gasteiger partial charge in [-0.15, -0.1) is 0 Å². The predicted octanol–water partition coefficient (Wildman–Crippen LogP) is 0.812. The predicted molar refractivity (Wildman–Crippen MR) is 64.2 cm³/mol. The normalized spacial score (nSPS) is 30.2. The molecule has 88 valence electrons. The summed E-state index contributed by atoms with van der Waals surface area (Å²) in [4.78, 5) is 2.42. The van der Waals surface area contributed by atoms with Gasteiger partial charge in [-0.05, 0) is 52.7 Å². The van der Waals surface area contributed by atoms with Crippen LogP contribution in [0.3, 0.4) is 0 Å². The number of hydrogen-bond acceptors (Lipinski definition) is 3. The van der Waals surface area contributed by atoms with E-state index in [1.54, 1.807) is 0 Å². The van der Waals surface area contributed by atoms with Crippen molar-refractivity contribution in [3.05, 3.63) is 0 Å². The molecule has 1 aliphatic carbocycles. The molecular formula is C12H25N3. The summed E-state index contributed by atoms with van der Waals surface area (Å²) in [6.45, 7) is 3.53. The molecule has 3 heteroatoms. The van der Waals surface area contributed by atoms with E-state index in [-0.39, 0.29) is 0 Å². The number of nitrogens with one attached hydrogen (secondary N) is 2. The lowest BCUT2D eigenvalue weighted by atomic mass is 9.75. The van der Waals surface area contributed by atoms with Gasteiger partial charge in [-0.3, -0.25) is 0 Å². The third kappa shape index (κ3) is 2.52. The standard InChI is InChI=1S/C12H25N3/c1-15(2)12(6-4-7-12)10-14-11-5-3-8-13-9-11/h11,13-14H,3-10H2,1-2H3. The first-order chi connectivity index (χ1) is 7.23. The molecule has 2 aliphatic rings. The van der Waals surface area contributed by atoms with Crippen molar-refractivity contribution in [2.24, 2.45) is 0 Å². The van der Waals surface area contributed by atoms with Crippen molar-refractivity contribution in [3.63, 3.8) is 0 Å². The second-order valence-corrected chi connectivity index (χ2v) is 5.40. The highest BCUT2D eigenvalue weighted by Gasteiger charge is 2.38. The molecule has 1 unspecified atom stereocenters. The van der Waals surface area contributed by atoms with Crippen molar-refractivity contribution in [3.8, 4) is 0 Å². The fourth-order valence-corrected chi connectivity index (χ4v) is 2.73. The van der Waals surface area contributed by atoms with Crippen LogP contribution in [0.15, 0.2) is 0 Å². The molecule has 1 saturated heterocycles. The zero-order valence-electron chi connectivity index (χ0n) is 10.2. The van der Waals surface area contributed by atoms with Crippen LogP contribution in [0, 0.1) is 0 Å². The number of nitrogens with zero attached hydrogens (tertiary/aromatic N) is 1. The molecule has 0 aromatic carbocycles. The smallest absolute Gasteiger partial charge is 0.0328 e. The van der Waals surface area contributed by atoms with Crippen molar-refractivity contribution >= 4 is 0 Å². The molecule has 1 atom stereocenters. The van der Waals surface area contributed by atoms with Gasteiger partial charge in [0.25, 0.3) is 0 Å². The van der Waals surface area contributed by atoms with Crippen LogP contribution in [0.4, 0.5) is 0 Å². The summed E-state index contributed by atoms with van der Waals surface area (Å²) in [7, 11) is 4.44. The largest absolute Gasteiger partial charge is 0.315 e. The maximum Gasteiger partial charge on any atom is 0.0328 e. The van der Waals surface area contributed by atoms with Crippen molar-refractivity contribution in [1.82, 2.24) is 15.5 Å². The summed E-state index contributed by atoms with van der Waals surface area (Å²) >= 11 is 0. The number of likely N-dealkylation sites (N-methyl/N-ethyl adjacent to an activating group) is 1. The van der Waals surface area contributed by atoms with Crippen LogP contribution in [0.25, 0.3) is 0 Å². The molecule has 0 spiro atoms. The van der Waals surface area contributed by atoms with Crippen LogP contribution in [-0.4, -0.2) is 50.2 Å². The van der Waals surface area contributed by atoms with Crippen LogP contribution in [0.2, 0.25) is 0 Å². The van der Waals surface area contributed by atoms with Crippen LogP contribution in [0.5, 0.6) is 0 Å². The van der Waals surface area contributed by atoms with Crippen LogP contribution in [-0.2, 0) is 0 Å².